The summed E-state index contributed by atoms with van der Waals surface area (Å²) in [4.78, 5) is 25.3. The molecule has 0 spiro atoms. The quantitative estimate of drug-likeness (QED) is 0.345. The molecule has 0 aliphatic heterocycles. The zero-order valence-corrected chi connectivity index (χ0v) is 19.5. The molecule has 0 saturated heterocycles. The van der Waals surface area contributed by atoms with Gasteiger partial charge in [0.25, 0.3) is 5.91 Å². The molecule has 7 heteroatoms. The summed E-state index contributed by atoms with van der Waals surface area (Å²) in [7, 11) is 1.57. The number of nitrogens with zero attached hydrogens (tertiary/aromatic N) is 1. The van der Waals surface area contributed by atoms with Crippen molar-refractivity contribution < 1.29 is 19.1 Å². The van der Waals surface area contributed by atoms with Gasteiger partial charge in [0.1, 0.15) is 0 Å². The molecule has 2 N–H and O–H groups in total. The minimum Gasteiger partial charge on any atom is -0.493 e. The first-order valence-electron chi connectivity index (χ1n) is 11.0. The number of rotatable bonds is 10. The normalized spacial score (nSPS) is 11.8. The van der Waals surface area contributed by atoms with Crippen LogP contribution < -0.4 is 20.2 Å². The Hall–Kier alpha value is -4.13. The Balaban J connectivity index is 1.65. The van der Waals surface area contributed by atoms with Crippen LogP contribution in [0.1, 0.15) is 47.8 Å². The molecule has 0 bridgehead atoms. The molecule has 0 aromatic heterocycles. The lowest BCUT2D eigenvalue weighted by atomic mass is 10.0. The summed E-state index contributed by atoms with van der Waals surface area (Å²) in [5.74, 6) is 0.641. The monoisotopic (exact) mass is 459 g/mol. The van der Waals surface area contributed by atoms with Crippen molar-refractivity contribution in [3.63, 3.8) is 0 Å². The Kier molecular flexibility index (Phi) is 8.80. The van der Waals surface area contributed by atoms with E-state index in [0.717, 1.165) is 11.1 Å². The molecule has 0 fully saturated rings. The van der Waals surface area contributed by atoms with E-state index in [1.165, 1.54) is 6.21 Å². The first kappa shape index (κ1) is 24.5. The van der Waals surface area contributed by atoms with Gasteiger partial charge >= 0.3 is 0 Å². The third kappa shape index (κ3) is 7.20. The summed E-state index contributed by atoms with van der Waals surface area (Å²) >= 11 is 0. The van der Waals surface area contributed by atoms with E-state index in [9.17, 15) is 9.59 Å². The topological polar surface area (TPSA) is 89.0 Å². The zero-order valence-electron chi connectivity index (χ0n) is 19.5. The second-order valence-electron chi connectivity index (χ2n) is 7.88. The van der Waals surface area contributed by atoms with Gasteiger partial charge in [-0.3, -0.25) is 9.59 Å². The maximum absolute atomic E-state index is 12.7. The Labute approximate surface area is 199 Å². The lowest BCUT2D eigenvalue weighted by Crippen LogP contribution is -2.32. The number of amides is 2. The molecular formula is C27H29N3O4. The van der Waals surface area contributed by atoms with Gasteiger partial charge in [0.15, 0.2) is 11.5 Å². The second-order valence-corrected chi connectivity index (χ2v) is 7.88. The zero-order chi connectivity index (χ0) is 24.3. The Morgan fingerprint density at radius 2 is 1.62 bits per heavy atom. The summed E-state index contributed by atoms with van der Waals surface area (Å²) in [5, 5.41) is 7.00. The highest BCUT2D eigenvalue weighted by Crippen LogP contribution is 2.28. The van der Waals surface area contributed by atoms with Crippen LogP contribution in [0, 0.1) is 0 Å². The van der Waals surface area contributed by atoms with E-state index >= 15 is 0 Å². The summed E-state index contributed by atoms with van der Waals surface area (Å²) < 4.78 is 11.1. The van der Waals surface area contributed by atoms with Crippen molar-refractivity contribution in [1.82, 2.24) is 10.7 Å². The van der Waals surface area contributed by atoms with Crippen LogP contribution in [0.4, 0.5) is 0 Å². The van der Waals surface area contributed by atoms with Gasteiger partial charge in [-0.25, -0.2) is 5.43 Å². The lowest BCUT2D eigenvalue weighted by Gasteiger charge is -2.18. The van der Waals surface area contributed by atoms with Gasteiger partial charge in [-0.15, -0.1) is 0 Å². The molecule has 176 valence electrons. The summed E-state index contributed by atoms with van der Waals surface area (Å²) in [6.45, 7) is 3.88. The van der Waals surface area contributed by atoms with Gasteiger partial charge in [-0.2, -0.15) is 5.10 Å². The SMILES string of the molecule is COc1cc(/C=N\NC(=O)C[C@@H](NC(=O)c2ccccc2)c2ccccc2)ccc1OC(C)C. The molecule has 3 aromatic carbocycles. The number of methoxy groups -OCH3 is 1. The van der Waals surface area contributed by atoms with Gasteiger partial charge < -0.3 is 14.8 Å². The van der Waals surface area contributed by atoms with Gasteiger partial charge in [-0.05, 0) is 55.3 Å². The number of hydrogen-bond acceptors (Lipinski definition) is 5. The van der Waals surface area contributed by atoms with Crippen LogP contribution >= 0.6 is 0 Å². The van der Waals surface area contributed by atoms with E-state index in [0.29, 0.717) is 17.1 Å². The van der Waals surface area contributed by atoms with Crippen LogP contribution in [0.5, 0.6) is 11.5 Å². The molecule has 0 unspecified atom stereocenters. The number of carbonyl (C=O) groups is 2. The van der Waals surface area contributed by atoms with Crippen LogP contribution in [0.25, 0.3) is 0 Å². The Bertz CT molecular complexity index is 1120. The summed E-state index contributed by atoms with van der Waals surface area (Å²) in [6.07, 6.45) is 1.58. The number of carbonyl (C=O) groups excluding carboxylic acids is 2. The van der Waals surface area contributed by atoms with Crippen LogP contribution in [-0.4, -0.2) is 31.2 Å². The summed E-state index contributed by atoms with van der Waals surface area (Å²) in [6, 6.07) is 23.2. The third-order valence-corrected chi connectivity index (χ3v) is 4.89. The average Bonchev–Trinajstić information content (AvgIpc) is 2.85. The highest BCUT2D eigenvalue weighted by atomic mass is 16.5. The number of nitrogens with one attached hydrogen (secondary N) is 2. The fraction of sp³-hybridized carbons (Fsp3) is 0.222. The minimum absolute atomic E-state index is 0.0210. The molecule has 0 heterocycles. The van der Waals surface area contributed by atoms with E-state index in [4.69, 9.17) is 9.47 Å². The van der Waals surface area contributed by atoms with Gasteiger partial charge in [-0.1, -0.05) is 48.5 Å². The number of benzene rings is 3. The first-order valence-corrected chi connectivity index (χ1v) is 11.0. The van der Waals surface area contributed by atoms with Crippen LogP contribution in [-0.2, 0) is 4.79 Å². The van der Waals surface area contributed by atoms with Crippen molar-refractivity contribution in [3.8, 4) is 11.5 Å². The molecule has 1 atom stereocenters. The predicted octanol–water partition coefficient (Wildman–Crippen LogP) is 4.49. The largest absolute Gasteiger partial charge is 0.493 e. The first-order chi connectivity index (χ1) is 16.5. The molecular weight excluding hydrogens is 430 g/mol. The fourth-order valence-corrected chi connectivity index (χ4v) is 3.29. The van der Waals surface area contributed by atoms with Crippen molar-refractivity contribution in [2.24, 2.45) is 5.10 Å². The van der Waals surface area contributed by atoms with Crippen molar-refractivity contribution in [2.75, 3.05) is 7.11 Å². The number of hydrazone groups is 1. The molecule has 0 aliphatic rings. The summed E-state index contributed by atoms with van der Waals surface area (Å²) in [5.41, 5.74) is 4.64. The van der Waals surface area contributed by atoms with Crippen molar-refractivity contribution >= 4 is 18.0 Å². The van der Waals surface area contributed by atoms with E-state index in [-0.39, 0.29) is 24.3 Å². The third-order valence-electron chi connectivity index (χ3n) is 4.89. The molecule has 7 nitrogen and oxygen atoms in total. The maximum atomic E-state index is 12.7. The van der Waals surface area contributed by atoms with Gasteiger partial charge in [0.2, 0.25) is 5.91 Å². The Morgan fingerprint density at radius 1 is 0.941 bits per heavy atom. The highest BCUT2D eigenvalue weighted by molar-refractivity contribution is 5.94. The van der Waals surface area contributed by atoms with Gasteiger partial charge in [0.05, 0.1) is 31.9 Å². The van der Waals surface area contributed by atoms with Crippen LogP contribution in [0.3, 0.4) is 0 Å². The minimum atomic E-state index is -0.503. The lowest BCUT2D eigenvalue weighted by molar-refractivity contribution is -0.121. The molecule has 0 aliphatic carbocycles. The standard InChI is InChI=1S/C27H29N3O4/c1-19(2)34-24-15-14-20(16-25(24)33-3)18-28-30-26(31)17-23(21-10-6-4-7-11-21)29-27(32)22-12-8-5-9-13-22/h4-16,18-19,23H,17H2,1-3H3,(H,29,32)(H,30,31)/b28-18-/t23-/m1/s1. The van der Waals surface area contributed by atoms with Crippen LogP contribution in [0.15, 0.2) is 84.0 Å². The van der Waals surface area contributed by atoms with E-state index in [1.807, 2.05) is 56.3 Å². The second kappa shape index (κ2) is 12.2. The molecule has 2 amide bonds. The molecule has 3 aromatic rings. The smallest absolute Gasteiger partial charge is 0.251 e. The van der Waals surface area contributed by atoms with Crippen LogP contribution in [0.2, 0.25) is 0 Å². The van der Waals surface area contributed by atoms with E-state index in [1.54, 1.807) is 43.5 Å². The molecule has 0 saturated carbocycles. The predicted molar refractivity (Wildman–Crippen MR) is 132 cm³/mol. The van der Waals surface area contributed by atoms with E-state index in [2.05, 4.69) is 15.8 Å². The van der Waals surface area contributed by atoms with Crippen molar-refractivity contribution in [1.29, 1.82) is 0 Å². The van der Waals surface area contributed by atoms with Crippen molar-refractivity contribution in [3.05, 3.63) is 95.6 Å². The number of hydrogen-bond donors (Lipinski definition) is 2. The molecule has 34 heavy (non-hydrogen) atoms. The molecule has 0 radical (unpaired) electrons. The fourth-order valence-electron chi connectivity index (χ4n) is 3.29. The Morgan fingerprint density at radius 3 is 2.26 bits per heavy atom. The molecule has 3 rings (SSSR count). The van der Waals surface area contributed by atoms with E-state index < -0.39 is 6.04 Å². The van der Waals surface area contributed by atoms with Gasteiger partial charge in [0, 0.05) is 5.56 Å². The average molecular weight is 460 g/mol. The number of ether oxygens (including phenoxy) is 2. The highest BCUT2D eigenvalue weighted by Gasteiger charge is 2.19. The van der Waals surface area contributed by atoms with Crippen molar-refractivity contribution in [2.45, 2.75) is 32.4 Å². The maximum Gasteiger partial charge on any atom is 0.251 e.